The summed E-state index contributed by atoms with van der Waals surface area (Å²) in [6.45, 7) is 2.34. The van der Waals surface area contributed by atoms with Gasteiger partial charge in [0.15, 0.2) is 0 Å². The topological polar surface area (TPSA) is 83.8 Å². The molecule has 2 rings (SSSR count). The van der Waals surface area contributed by atoms with Gasteiger partial charge < -0.3 is 11.1 Å². The fourth-order valence-electron chi connectivity index (χ4n) is 1.69. The summed E-state index contributed by atoms with van der Waals surface area (Å²) in [5, 5.41) is 9.51. The molecule has 1 heterocycles. The van der Waals surface area contributed by atoms with E-state index in [1.165, 1.54) is 12.8 Å². The molecular weight excluding hydrogens is 228 g/mol. The quantitative estimate of drug-likeness (QED) is 0.726. The number of H-pyrrole nitrogens is 1. The zero-order chi connectivity index (χ0) is 10.8. The predicted octanol–water partition coefficient (Wildman–Crippen LogP) is 0.607. The van der Waals surface area contributed by atoms with Gasteiger partial charge in [-0.3, -0.25) is 9.89 Å². The van der Waals surface area contributed by atoms with Crippen molar-refractivity contribution < 1.29 is 4.79 Å². The molecule has 1 aliphatic carbocycles. The van der Waals surface area contributed by atoms with Gasteiger partial charge in [0.05, 0.1) is 11.8 Å². The van der Waals surface area contributed by atoms with Crippen molar-refractivity contribution >= 4 is 18.3 Å². The Morgan fingerprint density at radius 1 is 1.75 bits per heavy atom. The number of aryl methyl sites for hydroxylation is 1. The lowest BCUT2D eigenvalue weighted by atomic mass is 10.1. The lowest BCUT2D eigenvalue weighted by Gasteiger charge is -2.15. The van der Waals surface area contributed by atoms with Crippen LogP contribution in [0.15, 0.2) is 6.20 Å². The number of halogens is 1. The number of hydrogen-bond acceptors (Lipinski definition) is 3. The molecule has 1 amide bonds. The average Bonchev–Trinajstić information content (AvgIpc) is 2.97. The monoisotopic (exact) mass is 244 g/mol. The van der Waals surface area contributed by atoms with Crippen molar-refractivity contribution in [3.05, 3.63) is 17.5 Å². The van der Waals surface area contributed by atoms with Crippen LogP contribution >= 0.6 is 12.4 Å². The van der Waals surface area contributed by atoms with Crippen LogP contribution in [0.2, 0.25) is 0 Å². The minimum Gasteiger partial charge on any atom is -0.348 e. The zero-order valence-corrected chi connectivity index (χ0v) is 10.0. The van der Waals surface area contributed by atoms with E-state index in [2.05, 4.69) is 15.5 Å². The number of carbonyl (C=O) groups excluding carboxylic acids is 1. The second-order valence-corrected chi connectivity index (χ2v) is 4.06. The Labute approximate surface area is 101 Å². The first kappa shape index (κ1) is 13.0. The number of nitrogens with one attached hydrogen (secondary N) is 2. The molecule has 16 heavy (non-hydrogen) atoms. The first-order chi connectivity index (χ1) is 7.22. The van der Waals surface area contributed by atoms with Gasteiger partial charge in [0, 0.05) is 18.3 Å². The van der Waals surface area contributed by atoms with Crippen molar-refractivity contribution in [1.82, 2.24) is 15.5 Å². The van der Waals surface area contributed by atoms with Crippen LogP contribution in [-0.4, -0.2) is 28.7 Å². The van der Waals surface area contributed by atoms with Gasteiger partial charge in [-0.1, -0.05) is 0 Å². The second-order valence-electron chi connectivity index (χ2n) is 4.06. The predicted molar refractivity (Wildman–Crippen MR) is 63.6 cm³/mol. The van der Waals surface area contributed by atoms with Crippen molar-refractivity contribution in [2.24, 2.45) is 11.7 Å². The molecule has 0 aromatic carbocycles. The molecule has 6 heteroatoms. The van der Waals surface area contributed by atoms with Crippen LogP contribution in [0.4, 0.5) is 0 Å². The SMILES string of the molecule is Cc1[nH]ncc1C(=O)NC(CN)C1CC1.Cl. The van der Waals surface area contributed by atoms with Crippen molar-refractivity contribution in [1.29, 1.82) is 0 Å². The highest BCUT2D eigenvalue weighted by Gasteiger charge is 2.31. The number of aromatic nitrogens is 2. The van der Waals surface area contributed by atoms with Crippen LogP contribution in [0.5, 0.6) is 0 Å². The highest BCUT2D eigenvalue weighted by Crippen LogP contribution is 2.32. The minimum atomic E-state index is -0.0800. The Bertz CT molecular complexity index is 361. The fourth-order valence-corrected chi connectivity index (χ4v) is 1.69. The number of aromatic amines is 1. The third kappa shape index (κ3) is 2.74. The van der Waals surface area contributed by atoms with Gasteiger partial charge >= 0.3 is 0 Å². The average molecular weight is 245 g/mol. The highest BCUT2D eigenvalue weighted by atomic mass is 35.5. The first-order valence-electron chi connectivity index (χ1n) is 5.23. The number of nitrogens with two attached hydrogens (primary N) is 1. The third-order valence-electron chi connectivity index (χ3n) is 2.84. The largest absolute Gasteiger partial charge is 0.348 e. The Hall–Kier alpha value is -1.07. The maximum absolute atomic E-state index is 11.8. The van der Waals surface area contributed by atoms with Crippen LogP contribution in [0.25, 0.3) is 0 Å². The van der Waals surface area contributed by atoms with Crippen molar-refractivity contribution in [2.75, 3.05) is 6.54 Å². The standard InChI is InChI=1S/C10H16N4O.ClH/c1-6-8(5-12-14-6)10(15)13-9(4-11)7-2-3-7;/h5,7,9H,2-4,11H2,1H3,(H,12,14)(H,13,15);1H. The molecular formula is C10H17ClN4O. The number of amides is 1. The molecule has 0 radical (unpaired) electrons. The zero-order valence-electron chi connectivity index (χ0n) is 9.19. The second kappa shape index (κ2) is 5.32. The lowest BCUT2D eigenvalue weighted by Crippen LogP contribution is -2.41. The van der Waals surface area contributed by atoms with Gasteiger partial charge in [-0.2, -0.15) is 5.10 Å². The molecule has 90 valence electrons. The van der Waals surface area contributed by atoms with E-state index >= 15 is 0 Å². The van der Waals surface area contributed by atoms with Crippen LogP contribution < -0.4 is 11.1 Å². The first-order valence-corrected chi connectivity index (χ1v) is 5.23. The van der Waals surface area contributed by atoms with Crippen LogP contribution in [-0.2, 0) is 0 Å². The Morgan fingerprint density at radius 3 is 2.88 bits per heavy atom. The summed E-state index contributed by atoms with van der Waals surface area (Å²) >= 11 is 0. The molecule has 1 unspecified atom stereocenters. The minimum absolute atomic E-state index is 0. The molecule has 5 nitrogen and oxygen atoms in total. The number of rotatable bonds is 4. The summed E-state index contributed by atoms with van der Waals surface area (Å²) < 4.78 is 0. The molecule has 1 fully saturated rings. The Kier molecular flexibility index (Phi) is 4.32. The van der Waals surface area contributed by atoms with Gasteiger partial charge in [0.1, 0.15) is 0 Å². The molecule has 1 saturated carbocycles. The summed E-state index contributed by atoms with van der Waals surface area (Å²) in [5.41, 5.74) is 7.01. The lowest BCUT2D eigenvalue weighted by molar-refractivity contribution is 0.0933. The van der Waals surface area contributed by atoms with Crippen molar-refractivity contribution in [3.63, 3.8) is 0 Å². The Morgan fingerprint density at radius 2 is 2.44 bits per heavy atom. The number of nitrogens with zero attached hydrogens (tertiary/aromatic N) is 1. The van der Waals surface area contributed by atoms with Crippen LogP contribution in [0.1, 0.15) is 28.9 Å². The van der Waals surface area contributed by atoms with Gasteiger partial charge in [-0.15, -0.1) is 12.4 Å². The van der Waals surface area contributed by atoms with E-state index < -0.39 is 0 Å². The molecule has 0 spiro atoms. The summed E-state index contributed by atoms with van der Waals surface area (Å²) in [5.74, 6) is 0.495. The van der Waals surface area contributed by atoms with Crippen LogP contribution in [0, 0.1) is 12.8 Å². The van der Waals surface area contributed by atoms with E-state index in [1.54, 1.807) is 6.20 Å². The number of carbonyl (C=O) groups is 1. The third-order valence-corrected chi connectivity index (χ3v) is 2.84. The Balaban J connectivity index is 0.00000128. The van der Waals surface area contributed by atoms with Gasteiger partial charge in [-0.05, 0) is 25.7 Å². The molecule has 0 bridgehead atoms. The maximum Gasteiger partial charge on any atom is 0.255 e. The summed E-state index contributed by atoms with van der Waals surface area (Å²) in [7, 11) is 0. The van der Waals surface area contributed by atoms with Crippen LogP contribution in [0.3, 0.4) is 0 Å². The van der Waals surface area contributed by atoms with Gasteiger partial charge in [0.25, 0.3) is 5.91 Å². The number of hydrogen-bond donors (Lipinski definition) is 3. The molecule has 1 aromatic rings. The van der Waals surface area contributed by atoms with E-state index in [-0.39, 0.29) is 24.4 Å². The van der Waals surface area contributed by atoms with E-state index in [4.69, 9.17) is 5.73 Å². The molecule has 0 aliphatic heterocycles. The molecule has 1 aliphatic rings. The normalized spacial score (nSPS) is 16.4. The van der Waals surface area contributed by atoms with Gasteiger partial charge in [0.2, 0.25) is 0 Å². The van der Waals surface area contributed by atoms with Gasteiger partial charge in [-0.25, -0.2) is 0 Å². The van der Waals surface area contributed by atoms with Crippen molar-refractivity contribution in [2.45, 2.75) is 25.8 Å². The van der Waals surface area contributed by atoms with E-state index in [1.807, 2.05) is 6.92 Å². The molecule has 0 saturated heterocycles. The van der Waals surface area contributed by atoms with E-state index in [0.29, 0.717) is 18.0 Å². The fraction of sp³-hybridized carbons (Fsp3) is 0.600. The van der Waals surface area contributed by atoms with Crippen molar-refractivity contribution in [3.8, 4) is 0 Å². The molecule has 1 atom stereocenters. The summed E-state index contributed by atoms with van der Waals surface area (Å²) in [6.07, 6.45) is 3.89. The maximum atomic E-state index is 11.8. The molecule has 4 N–H and O–H groups in total. The smallest absolute Gasteiger partial charge is 0.255 e. The highest BCUT2D eigenvalue weighted by molar-refractivity contribution is 5.95. The van der Waals surface area contributed by atoms with E-state index in [9.17, 15) is 4.79 Å². The van der Waals surface area contributed by atoms with E-state index in [0.717, 1.165) is 5.69 Å². The summed E-state index contributed by atoms with van der Waals surface area (Å²) in [6, 6.07) is 0.117. The summed E-state index contributed by atoms with van der Waals surface area (Å²) in [4.78, 5) is 11.8. The molecule has 1 aromatic heterocycles.